The van der Waals surface area contributed by atoms with Gasteiger partial charge in [0.2, 0.25) is 11.7 Å². The lowest BCUT2D eigenvalue weighted by molar-refractivity contribution is -0.384. The Kier molecular flexibility index (Phi) is 5.42. The summed E-state index contributed by atoms with van der Waals surface area (Å²) in [7, 11) is 0. The lowest BCUT2D eigenvalue weighted by atomic mass is 10.3. The van der Waals surface area contributed by atoms with Gasteiger partial charge in [-0.3, -0.25) is 19.7 Å². The number of benzene rings is 1. The fraction of sp³-hybridized carbons (Fsp3) is 0.200. The van der Waals surface area contributed by atoms with E-state index in [2.05, 4.69) is 5.32 Å². The minimum absolute atomic E-state index is 0.0375. The summed E-state index contributed by atoms with van der Waals surface area (Å²) in [6.07, 6.45) is 0. The van der Waals surface area contributed by atoms with Gasteiger partial charge in [0, 0.05) is 23.9 Å². The fourth-order valence-electron chi connectivity index (χ4n) is 1.72. The topological polar surface area (TPSA) is 98.5 Å². The summed E-state index contributed by atoms with van der Waals surface area (Å²) < 4.78 is 5.33. The Bertz CT molecular complexity index is 724. The molecule has 1 N–H and O–H groups in total. The third-order valence-corrected chi connectivity index (χ3v) is 3.99. The smallest absolute Gasteiger partial charge is 0.269 e. The maximum atomic E-state index is 12.0. The molecular weight excluding hydrogens is 320 g/mol. The Labute approximate surface area is 136 Å². The van der Waals surface area contributed by atoms with Gasteiger partial charge in [0.25, 0.3) is 5.69 Å². The van der Waals surface area contributed by atoms with Crippen LogP contribution in [-0.4, -0.2) is 23.2 Å². The Hall–Kier alpha value is -2.74. The molecule has 23 heavy (non-hydrogen) atoms. The van der Waals surface area contributed by atoms with E-state index < -0.39 is 4.92 Å². The van der Waals surface area contributed by atoms with E-state index in [0.29, 0.717) is 17.2 Å². The van der Waals surface area contributed by atoms with Crippen molar-refractivity contribution in [3.8, 4) is 5.75 Å². The van der Waals surface area contributed by atoms with E-state index in [1.54, 1.807) is 12.1 Å². The molecule has 0 atom stereocenters. The average molecular weight is 334 g/mol. The number of ether oxygens (including phenoxy) is 1. The summed E-state index contributed by atoms with van der Waals surface area (Å²) in [6, 6.07) is 8.99. The van der Waals surface area contributed by atoms with Crippen LogP contribution in [0.25, 0.3) is 0 Å². The van der Waals surface area contributed by atoms with Gasteiger partial charge in [0.15, 0.2) is 6.61 Å². The van der Waals surface area contributed by atoms with Crippen molar-refractivity contribution in [3.63, 3.8) is 0 Å². The van der Waals surface area contributed by atoms with Crippen molar-refractivity contribution >= 4 is 28.7 Å². The van der Waals surface area contributed by atoms with E-state index >= 15 is 0 Å². The van der Waals surface area contributed by atoms with Crippen molar-refractivity contribution in [3.05, 3.63) is 56.3 Å². The number of nitro benzene ring substituents is 1. The molecule has 1 amide bonds. The molecule has 0 aliphatic carbocycles. The third kappa shape index (κ3) is 4.89. The number of carbonyl (C=O) groups is 2. The second kappa shape index (κ2) is 7.50. The Morgan fingerprint density at radius 1 is 1.22 bits per heavy atom. The first-order chi connectivity index (χ1) is 11.0. The van der Waals surface area contributed by atoms with Crippen LogP contribution in [-0.2, 0) is 11.3 Å². The highest BCUT2D eigenvalue weighted by Crippen LogP contribution is 2.19. The minimum atomic E-state index is -0.503. The summed E-state index contributed by atoms with van der Waals surface area (Å²) in [4.78, 5) is 34.3. The van der Waals surface area contributed by atoms with Gasteiger partial charge in [-0.1, -0.05) is 0 Å². The van der Waals surface area contributed by atoms with Crippen molar-refractivity contribution in [1.29, 1.82) is 0 Å². The second-order valence-corrected chi connectivity index (χ2v) is 5.81. The summed E-state index contributed by atoms with van der Waals surface area (Å²) in [5.41, 5.74) is -0.0375. The van der Waals surface area contributed by atoms with Crippen LogP contribution in [0.2, 0.25) is 0 Å². The van der Waals surface area contributed by atoms with Gasteiger partial charge in [0.05, 0.1) is 16.3 Å². The molecule has 2 aromatic rings. The van der Waals surface area contributed by atoms with E-state index in [1.807, 2.05) is 0 Å². The lowest BCUT2D eigenvalue weighted by Crippen LogP contribution is -2.18. The molecule has 0 saturated carbocycles. The maximum Gasteiger partial charge on any atom is 0.269 e. The van der Waals surface area contributed by atoms with Gasteiger partial charge in [-0.15, -0.1) is 11.3 Å². The summed E-state index contributed by atoms with van der Waals surface area (Å²) in [5, 5.41) is 13.2. The highest BCUT2D eigenvalue weighted by atomic mass is 32.1. The van der Waals surface area contributed by atoms with Crippen molar-refractivity contribution in [2.75, 3.05) is 6.61 Å². The monoisotopic (exact) mass is 334 g/mol. The zero-order chi connectivity index (χ0) is 16.8. The number of carbonyl (C=O) groups excluding carboxylic acids is 2. The number of hydrogen-bond acceptors (Lipinski definition) is 6. The quantitative estimate of drug-likeness (QED) is 0.476. The van der Waals surface area contributed by atoms with Gasteiger partial charge in [-0.2, -0.15) is 0 Å². The summed E-state index contributed by atoms with van der Waals surface area (Å²) >= 11 is 1.29. The standard InChI is InChI=1S/C15H14N2O5S/c1-10(18)16-8-13-6-7-15(23-13)14(19)9-22-12-4-2-11(3-5-12)17(20)21/h2-7H,8-9H2,1H3,(H,16,18). The lowest BCUT2D eigenvalue weighted by Gasteiger charge is -2.04. The SMILES string of the molecule is CC(=O)NCc1ccc(C(=O)COc2ccc([N+](=O)[O-])cc2)s1. The van der Waals surface area contributed by atoms with Gasteiger partial charge >= 0.3 is 0 Å². The van der Waals surface area contributed by atoms with Crippen molar-refractivity contribution in [1.82, 2.24) is 5.32 Å². The number of non-ortho nitro benzene ring substituents is 1. The van der Waals surface area contributed by atoms with Crippen LogP contribution in [0.15, 0.2) is 36.4 Å². The van der Waals surface area contributed by atoms with Gasteiger partial charge in [-0.05, 0) is 24.3 Å². The van der Waals surface area contributed by atoms with E-state index in [-0.39, 0.29) is 24.0 Å². The van der Waals surface area contributed by atoms with Gasteiger partial charge in [-0.25, -0.2) is 0 Å². The number of thiophene rings is 1. The molecule has 1 heterocycles. The van der Waals surface area contributed by atoms with E-state index in [0.717, 1.165) is 4.88 Å². The zero-order valence-electron chi connectivity index (χ0n) is 12.3. The molecule has 0 saturated heterocycles. The number of nitro groups is 1. The number of hydrogen-bond donors (Lipinski definition) is 1. The third-order valence-electron chi connectivity index (χ3n) is 2.87. The molecule has 1 aromatic heterocycles. The highest BCUT2D eigenvalue weighted by Gasteiger charge is 2.11. The zero-order valence-corrected chi connectivity index (χ0v) is 13.1. The number of nitrogens with one attached hydrogen (secondary N) is 1. The second-order valence-electron chi connectivity index (χ2n) is 4.64. The molecule has 120 valence electrons. The minimum Gasteiger partial charge on any atom is -0.485 e. The molecular formula is C15H14N2O5S. The number of rotatable bonds is 7. The number of amides is 1. The molecule has 8 heteroatoms. The van der Waals surface area contributed by atoms with Crippen molar-refractivity contribution < 1.29 is 19.2 Å². The molecule has 0 spiro atoms. The van der Waals surface area contributed by atoms with E-state index in [1.165, 1.54) is 42.5 Å². The van der Waals surface area contributed by atoms with Crippen LogP contribution in [0.4, 0.5) is 5.69 Å². The maximum absolute atomic E-state index is 12.0. The van der Waals surface area contributed by atoms with Gasteiger partial charge < -0.3 is 10.1 Å². The van der Waals surface area contributed by atoms with Crippen LogP contribution < -0.4 is 10.1 Å². The molecule has 0 unspecified atom stereocenters. The molecule has 0 fully saturated rings. The van der Waals surface area contributed by atoms with Crippen molar-refractivity contribution in [2.45, 2.75) is 13.5 Å². The Balaban J connectivity index is 1.89. The molecule has 1 aromatic carbocycles. The first-order valence-electron chi connectivity index (χ1n) is 6.69. The number of nitrogens with zero attached hydrogens (tertiary/aromatic N) is 1. The fourth-order valence-corrected chi connectivity index (χ4v) is 2.59. The average Bonchev–Trinajstić information content (AvgIpc) is 3.00. The highest BCUT2D eigenvalue weighted by molar-refractivity contribution is 7.14. The summed E-state index contributed by atoms with van der Waals surface area (Å²) in [6.45, 7) is 1.66. The number of Topliss-reactive ketones (excluding diaryl/α,β-unsaturated/α-hetero) is 1. The number of ketones is 1. The normalized spacial score (nSPS) is 10.1. The summed E-state index contributed by atoms with van der Waals surface area (Å²) in [5.74, 6) is 0.0641. The van der Waals surface area contributed by atoms with Crippen LogP contribution in [0.5, 0.6) is 5.75 Å². The molecule has 7 nitrogen and oxygen atoms in total. The predicted octanol–water partition coefficient (Wildman–Crippen LogP) is 2.55. The van der Waals surface area contributed by atoms with Crippen LogP contribution in [0.1, 0.15) is 21.5 Å². The predicted molar refractivity (Wildman–Crippen MR) is 84.8 cm³/mol. The Morgan fingerprint density at radius 3 is 2.52 bits per heavy atom. The molecule has 0 aliphatic rings. The van der Waals surface area contributed by atoms with Crippen LogP contribution >= 0.6 is 11.3 Å². The van der Waals surface area contributed by atoms with Crippen molar-refractivity contribution in [2.24, 2.45) is 0 Å². The molecule has 0 aliphatic heterocycles. The van der Waals surface area contributed by atoms with E-state index in [9.17, 15) is 19.7 Å². The molecule has 0 radical (unpaired) electrons. The molecule has 0 bridgehead atoms. The first-order valence-corrected chi connectivity index (χ1v) is 7.51. The van der Waals surface area contributed by atoms with E-state index in [4.69, 9.17) is 4.74 Å². The molecule has 2 rings (SSSR count). The van der Waals surface area contributed by atoms with Crippen LogP contribution in [0.3, 0.4) is 0 Å². The van der Waals surface area contributed by atoms with Gasteiger partial charge in [0.1, 0.15) is 5.75 Å². The largest absolute Gasteiger partial charge is 0.485 e. The Morgan fingerprint density at radius 2 is 1.91 bits per heavy atom. The first kappa shape index (κ1) is 16.6. The van der Waals surface area contributed by atoms with Crippen LogP contribution in [0, 0.1) is 10.1 Å².